The Kier molecular flexibility index (Phi) is 7.04. The summed E-state index contributed by atoms with van der Waals surface area (Å²) >= 11 is 0. The number of amides is 1. The first kappa shape index (κ1) is 21.1. The second-order valence-electron chi connectivity index (χ2n) is 7.63. The maximum Gasteiger partial charge on any atom is 0.251 e. The van der Waals surface area contributed by atoms with Crippen LogP contribution < -0.4 is 5.32 Å². The van der Waals surface area contributed by atoms with Crippen LogP contribution in [-0.2, 0) is 6.54 Å². The zero-order valence-corrected chi connectivity index (χ0v) is 17.9. The van der Waals surface area contributed by atoms with E-state index < -0.39 is 0 Å². The molecule has 0 spiro atoms. The van der Waals surface area contributed by atoms with E-state index in [0.29, 0.717) is 5.56 Å². The van der Waals surface area contributed by atoms with Crippen molar-refractivity contribution in [2.24, 2.45) is 5.92 Å². The average Bonchev–Trinajstić information content (AvgIpc) is 3.19. The van der Waals surface area contributed by atoms with Crippen molar-refractivity contribution >= 4 is 16.9 Å². The first-order valence-corrected chi connectivity index (χ1v) is 10.6. The van der Waals surface area contributed by atoms with E-state index in [2.05, 4.69) is 42.9 Å². The SMILES string of the molecule is CCC(C)C(NC(=O)c1ccc(CN(CC)CC)cc1)c1nc2ccccc2[nH]1. The second-order valence-corrected chi connectivity index (χ2v) is 7.63. The Morgan fingerprint density at radius 1 is 1.07 bits per heavy atom. The van der Waals surface area contributed by atoms with Gasteiger partial charge in [-0.3, -0.25) is 9.69 Å². The number of hydrogen-bond acceptors (Lipinski definition) is 3. The van der Waals surface area contributed by atoms with Gasteiger partial charge in [0.05, 0.1) is 17.1 Å². The summed E-state index contributed by atoms with van der Waals surface area (Å²) in [4.78, 5) is 23.4. The molecule has 29 heavy (non-hydrogen) atoms. The molecule has 3 rings (SSSR count). The van der Waals surface area contributed by atoms with E-state index in [0.717, 1.165) is 42.9 Å². The third kappa shape index (κ3) is 5.04. The van der Waals surface area contributed by atoms with Crippen LogP contribution in [0.4, 0.5) is 0 Å². The maximum absolute atomic E-state index is 12.9. The Bertz CT molecular complexity index is 894. The standard InChI is InChI=1S/C24H32N4O/c1-5-17(4)22(23-25-20-10-8-9-11-21(20)26-23)27-24(29)19-14-12-18(13-15-19)16-28(6-2)7-3/h8-15,17,22H,5-7,16H2,1-4H3,(H,25,26)(H,27,29). The van der Waals surface area contributed by atoms with Crippen molar-refractivity contribution in [3.8, 4) is 0 Å². The topological polar surface area (TPSA) is 61.0 Å². The summed E-state index contributed by atoms with van der Waals surface area (Å²) in [5, 5.41) is 3.20. The van der Waals surface area contributed by atoms with Crippen molar-refractivity contribution in [1.82, 2.24) is 20.2 Å². The molecule has 1 amide bonds. The monoisotopic (exact) mass is 392 g/mol. The molecule has 2 N–H and O–H groups in total. The van der Waals surface area contributed by atoms with E-state index in [1.807, 2.05) is 48.5 Å². The van der Waals surface area contributed by atoms with Crippen LogP contribution >= 0.6 is 0 Å². The lowest BCUT2D eigenvalue weighted by molar-refractivity contribution is 0.0920. The Hall–Kier alpha value is -2.66. The van der Waals surface area contributed by atoms with Crippen molar-refractivity contribution in [3.05, 3.63) is 65.5 Å². The molecule has 2 unspecified atom stereocenters. The average molecular weight is 393 g/mol. The number of imidazole rings is 1. The van der Waals surface area contributed by atoms with Crippen LogP contribution in [-0.4, -0.2) is 33.9 Å². The molecule has 2 atom stereocenters. The largest absolute Gasteiger partial charge is 0.342 e. The highest BCUT2D eigenvalue weighted by Crippen LogP contribution is 2.25. The molecule has 1 aromatic heterocycles. The molecule has 0 aliphatic rings. The highest BCUT2D eigenvalue weighted by Gasteiger charge is 2.24. The molecule has 3 aromatic rings. The Morgan fingerprint density at radius 3 is 2.38 bits per heavy atom. The zero-order valence-electron chi connectivity index (χ0n) is 17.9. The second kappa shape index (κ2) is 9.70. The van der Waals surface area contributed by atoms with Crippen LogP contribution in [0.15, 0.2) is 48.5 Å². The molecule has 0 saturated carbocycles. The van der Waals surface area contributed by atoms with Gasteiger partial charge in [-0.15, -0.1) is 0 Å². The first-order chi connectivity index (χ1) is 14.0. The smallest absolute Gasteiger partial charge is 0.251 e. The molecule has 5 nitrogen and oxygen atoms in total. The predicted octanol–water partition coefficient (Wildman–Crippen LogP) is 4.92. The van der Waals surface area contributed by atoms with E-state index in [1.165, 1.54) is 5.56 Å². The van der Waals surface area contributed by atoms with Crippen molar-refractivity contribution in [2.45, 2.75) is 46.7 Å². The fourth-order valence-electron chi connectivity index (χ4n) is 3.53. The number of aromatic amines is 1. The van der Waals surface area contributed by atoms with Crippen LogP contribution in [0.5, 0.6) is 0 Å². The van der Waals surface area contributed by atoms with Crippen molar-refractivity contribution < 1.29 is 4.79 Å². The quantitative estimate of drug-likeness (QED) is 0.543. The molecule has 2 aromatic carbocycles. The van der Waals surface area contributed by atoms with Gasteiger partial charge in [0, 0.05) is 12.1 Å². The summed E-state index contributed by atoms with van der Waals surface area (Å²) < 4.78 is 0. The van der Waals surface area contributed by atoms with Gasteiger partial charge in [-0.1, -0.05) is 58.4 Å². The maximum atomic E-state index is 12.9. The number of carbonyl (C=O) groups is 1. The number of nitrogens with zero attached hydrogens (tertiary/aromatic N) is 2. The van der Waals surface area contributed by atoms with Gasteiger partial charge in [0.2, 0.25) is 0 Å². The van der Waals surface area contributed by atoms with Gasteiger partial charge in [0.15, 0.2) is 0 Å². The Morgan fingerprint density at radius 2 is 1.76 bits per heavy atom. The summed E-state index contributed by atoms with van der Waals surface area (Å²) in [5.74, 6) is 1.01. The van der Waals surface area contributed by atoms with Crippen LogP contribution in [0.25, 0.3) is 11.0 Å². The van der Waals surface area contributed by atoms with Gasteiger partial charge < -0.3 is 10.3 Å². The summed E-state index contributed by atoms with van der Waals surface area (Å²) in [7, 11) is 0. The molecular formula is C24H32N4O. The highest BCUT2D eigenvalue weighted by molar-refractivity contribution is 5.94. The molecule has 0 aliphatic heterocycles. The highest BCUT2D eigenvalue weighted by atomic mass is 16.1. The number of para-hydroxylation sites is 2. The molecular weight excluding hydrogens is 360 g/mol. The third-order valence-corrected chi connectivity index (χ3v) is 5.72. The molecule has 0 aliphatic carbocycles. The normalized spacial score (nSPS) is 13.6. The fraction of sp³-hybridized carbons (Fsp3) is 0.417. The molecule has 0 bridgehead atoms. The van der Waals surface area contributed by atoms with Crippen LogP contribution in [0.1, 0.15) is 61.9 Å². The van der Waals surface area contributed by atoms with Crippen LogP contribution in [0.3, 0.4) is 0 Å². The van der Waals surface area contributed by atoms with Crippen LogP contribution in [0, 0.1) is 5.92 Å². The predicted molar refractivity (Wildman–Crippen MR) is 119 cm³/mol. The molecule has 0 fully saturated rings. The summed E-state index contributed by atoms with van der Waals surface area (Å²) in [6.45, 7) is 11.6. The van der Waals surface area contributed by atoms with E-state index in [9.17, 15) is 4.79 Å². The number of carbonyl (C=O) groups excluding carboxylic acids is 1. The summed E-state index contributed by atoms with van der Waals surface area (Å²) in [6.07, 6.45) is 0.949. The third-order valence-electron chi connectivity index (χ3n) is 5.72. The number of benzene rings is 2. The number of rotatable bonds is 9. The summed E-state index contributed by atoms with van der Waals surface area (Å²) in [5.41, 5.74) is 3.82. The minimum atomic E-state index is -0.157. The van der Waals surface area contributed by atoms with Gasteiger partial charge in [-0.05, 0) is 48.8 Å². The van der Waals surface area contributed by atoms with Crippen LogP contribution in [0.2, 0.25) is 0 Å². The van der Waals surface area contributed by atoms with Gasteiger partial charge in [-0.2, -0.15) is 0 Å². The fourth-order valence-corrected chi connectivity index (χ4v) is 3.53. The molecule has 1 heterocycles. The molecule has 0 saturated heterocycles. The van der Waals surface area contributed by atoms with Gasteiger partial charge in [-0.25, -0.2) is 4.98 Å². The molecule has 0 radical (unpaired) electrons. The minimum Gasteiger partial charge on any atom is -0.342 e. The lowest BCUT2D eigenvalue weighted by atomic mass is 9.98. The van der Waals surface area contributed by atoms with E-state index in [4.69, 9.17) is 4.98 Å². The Labute approximate surface area is 173 Å². The van der Waals surface area contributed by atoms with Gasteiger partial charge in [0.1, 0.15) is 5.82 Å². The van der Waals surface area contributed by atoms with Crippen molar-refractivity contribution in [2.75, 3.05) is 13.1 Å². The number of H-pyrrole nitrogens is 1. The van der Waals surface area contributed by atoms with Gasteiger partial charge in [0.25, 0.3) is 5.91 Å². The lowest BCUT2D eigenvalue weighted by Gasteiger charge is -2.22. The van der Waals surface area contributed by atoms with E-state index >= 15 is 0 Å². The molecule has 154 valence electrons. The number of nitrogens with one attached hydrogen (secondary N) is 2. The van der Waals surface area contributed by atoms with E-state index in [-0.39, 0.29) is 17.9 Å². The lowest BCUT2D eigenvalue weighted by Crippen LogP contribution is -2.33. The first-order valence-electron chi connectivity index (χ1n) is 10.6. The van der Waals surface area contributed by atoms with Crippen molar-refractivity contribution in [1.29, 1.82) is 0 Å². The Balaban J connectivity index is 1.76. The minimum absolute atomic E-state index is 0.0647. The summed E-state index contributed by atoms with van der Waals surface area (Å²) in [6, 6.07) is 15.7. The zero-order chi connectivity index (χ0) is 20.8. The molecule has 5 heteroatoms. The van der Waals surface area contributed by atoms with E-state index in [1.54, 1.807) is 0 Å². The van der Waals surface area contributed by atoms with Crippen molar-refractivity contribution in [3.63, 3.8) is 0 Å². The number of fused-ring (bicyclic) bond motifs is 1. The van der Waals surface area contributed by atoms with Gasteiger partial charge >= 0.3 is 0 Å². The number of hydrogen-bond donors (Lipinski definition) is 2. The number of aromatic nitrogens is 2.